The summed E-state index contributed by atoms with van der Waals surface area (Å²) in [6, 6.07) is 22.2. The van der Waals surface area contributed by atoms with Crippen LogP contribution in [0.1, 0.15) is 25.0 Å². The molecule has 0 aliphatic rings. The first kappa shape index (κ1) is 12.9. The van der Waals surface area contributed by atoms with Crippen LogP contribution in [0.25, 0.3) is 21.9 Å². The van der Waals surface area contributed by atoms with E-state index in [0.29, 0.717) is 0 Å². The molecule has 3 aromatic rings. The summed E-state index contributed by atoms with van der Waals surface area (Å²) < 4.78 is 0. The van der Waals surface area contributed by atoms with Crippen molar-refractivity contribution in [3.8, 4) is 11.1 Å². The third-order valence-corrected chi connectivity index (χ3v) is 4.07. The van der Waals surface area contributed by atoms with Gasteiger partial charge in [0.2, 0.25) is 0 Å². The predicted octanol–water partition coefficient (Wildman–Crippen LogP) is 5.63. The molecule has 0 saturated heterocycles. The Bertz CT molecular complexity index is 721. The first-order valence-electron chi connectivity index (χ1n) is 7.43. The molecular formula is C20H20. The van der Waals surface area contributed by atoms with E-state index in [1.807, 2.05) is 0 Å². The maximum atomic E-state index is 2.27. The lowest BCUT2D eigenvalue weighted by Crippen LogP contribution is -1.88. The van der Waals surface area contributed by atoms with Crippen LogP contribution in [0.5, 0.6) is 0 Å². The maximum Gasteiger partial charge on any atom is -0.0103 e. The van der Waals surface area contributed by atoms with Crippen LogP contribution in [0.4, 0.5) is 0 Å². The smallest absolute Gasteiger partial charge is 0.0103 e. The number of hydrogen-bond donors (Lipinski definition) is 0. The average Bonchev–Trinajstić information content (AvgIpc) is 2.54. The number of aryl methyl sites for hydroxylation is 2. The van der Waals surface area contributed by atoms with E-state index < -0.39 is 0 Å². The van der Waals surface area contributed by atoms with E-state index in [-0.39, 0.29) is 0 Å². The zero-order chi connectivity index (χ0) is 13.9. The number of benzene rings is 3. The first-order chi connectivity index (χ1) is 9.83. The lowest BCUT2D eigenvalue weighted by atomic mass is 9.93. The molecule has 0 spiro atoms. The molecule has 0 heteroatoms. The quantitative estimate of drug-likeness (QED) is 0.572. The minimum Gasteiger partial charge on any atom is -0.0616 e. The molecule has 3 aromatic carbocycles. The summed E-state index contributed by atoms with van der Waals surface area (Å²) in [5.74, 6) is 0. The summed E-state index contributed by atoms with van der Waals surface area (Å²) in [4.78, 5) is 0. The van der Waals surface area contributed by atoms with Crippen LogP contribution in [-0.4, -0.2) is 0 Å². The monoisotopic (exact) mass is 260 g/mol. The Kier molecular flexibility index (Phi) is 3.56. The van der Waals surface area contributed by atoms with Crippen molar-refractivity contribution in [2.45, 2.75) is 26.7 Å². The van der Waals surface area contributed by atoms with Gasteiger partial charge < -0.3 is 0 Å². The Hall–Kier alpha value is -2.08. The number of fused-ring (bicyclic) bond motifs is 1. The van der Waals surface area contributed by atoms with Crippen LogP contribution in [0, 0.1) is 0 Å². The third-order valence-electron chi connectivity index (χ3n) is 4.07. The van der Waals surface area contributed by atoms with Crippen molar-refractivity contribution >= 4 is 10.8 Å². The predicted molar refractivity (Wildman–Crippen MR) is 88.1 cm³/mol. The van der Waals surface area contributed by atoms with Gasteiger partial charge in [-0.15, -0.1) is 0 Å². The van der Waals surface area contributed by atoms with Gasteiger partial charge in [-0.25, -0.2) is 0 Å². The fourth-order valence-electron chi connectivity index (χ4n) is 2.84. The van der Waals surface area contributed by atoms with Gasteiger partial charge >= 0.3 is 0 Å². The van der Waals surface area contributed by atoms with Gasteiger partial charge in [-0.1, -0.05) is 74.5 Å². The van der Waals surface area contributed by atoms with Gasteiger partial charge in [-0.05, 0) is 45.9 Å². The van der Waals surface area contributed by atoms with E-state index in [0.717, 1.165) is 12.8 Å². The highest BCUT2D eigenvalue weighted by atomic mass is 14.1. The maximum absolute atomic E-state index is 2.27. The highest BCUT2D eigenvalue weighted by Gasteiger charge is 2.06. The van der Waals surface area contributed by atoms with Crippen molar-refractivity contribution in [1.82, 2.24) is 0 Å². The normalized spacial score (nSPS) is 10.9. The average molecular weight is 260 g/mol. The van der Waals surface area contributed by atoms with Crippen LogP contribution in [0.2, 0.25) is 0 Å². The van der Waals surface area contributed by atoms with Gasteiger partial charge in [0.25, 0.3) is 0 Å². The molecule has 0 amide bonds. The van der Waals surface area contributed by atoms with Crippen molar-refractivity contribution in [1.29, 1.82) is 0 Å². The van der Waals surface area contributed by atoms with E-state index in [9.17, 15) is 0 Å². The number of hydrogen-bond acceptors (Lipinski definition) is 0. The molecule has 0 aliphatic carbocycles. The van der Waals surface area contributed by atoms with Gasteiger partial charge in [-0.2, -0.15) is 0 Å². The molecule has 0 aromatic heterocycles. The second-order valence-corrected chi connectivity index (χ2v) is 5.22. The molecule has 3 rings (SSSR count). The zero-order valence-corrected chi connectivity index (χ0v) is 12.2. The Morgan fingerprint density at radius 3 is 2.00 bits per heavy atom. The van der Waals surface area contributed by atoms with Crippen molar-refractivity contribution in [2.24, 2.45) is 0 Å². The molecule has 0 nitrogen and oxygen atoms in total. The molecule has 20 heavy (non-hydrogen) atoms. The zero-order valence-electron chi connectivity index (χ0n) is 12.2. The fraction of sp³-hybridized carbons (Fsp3) is 0.200. The summed E-state index contributed by atoms with van der Waals surface area (Å²) in [5.41, 5.74) is 5.46. The molecule has 0 aliphatic heterocycles. The SMILES string of the molecule is CCc1ccc(-c2ccc(CC)c3ccccc23)cc1. The summed E-state index contributed by atoms with van der Waals surface area (Å²) >= 11 is 0. The molecular weight excluding hydrogens is 240 g/mol. The van der Waals surface area contributed by atoms with Crippen LogP contribution in [0.3, 0.4) is 0 Å². The largest absolute Gasteiger partial charge is 0.0616 e. The molecule has 100 valence electrons. The van der Waals surface area contributed by atoms with Crippen LogP contribution >= 0.6 is 0 Å². The van der Waals surface area contributed by atoms with Crippen molar-refractivity contribution in [3.05, 3.63) is 71.8 Å². The standard InChI is InChI=1S/C20H20/c1-3-15-9-11-17(12-10-15)19-14-13-16(4-2)18-7-5-6-8-20(18)19/h5-14H,3-4H2,1-2H3. The van der Waals surface area contributed by atoms with E-state index in [1.54, 1.807) is 0 Å². The second kappa shape index (κ2) is 5.50. The lowest BCUT2D eigenvalue weighted by molar-refractivity contribution is 1.14. The summed E-state index contributed by atoms with van der Waals surface area (Å²) in [5, 5.41) is 2.74. The van der Waals surface area contributed by atoms with Gasteiger partial charge in [0, 0.05) is 0 Å². The summed E-state index contributed by atoms with van der Waals surface area (Å²) in [6.07, 6.45) is 2.17. The van der Waals surface area contributed by atoms with Crippen molar-refractivity contribution in [3.63, 3.8) is 0 Å². The second-order valence-electron chi connectivity index (χ2n) is 5.22. The third kappa shape index (κ3) is 2.22. The molecule has 0 bridgehead atoms. The molecule has 0 saturated carbocycles. The first-order valence-corrected chi connectivity index (χ1v) is 7.43. The number of rotatable bonds is 3. The molecule has 0 unspecified atom stereocenters. The molecule has 0 atom stereocenters. The van der Waals surface area contributed by atoms with Gasteiger partial charge in [0.05, 0.1) is 0 Å². The van der Waals surface area contributed by atoms with Gasteiger partial charge in [0.1, 0.15) is 0 Å². The lowest BCUT2D eigenvalue weighted by Gasteiger charge is -2.11. The molecule has 0 radical (unpaired) electrons. The molecule has 0 N–H and O–H groups in total. The van der Waals surface area contributed by atoms with Crippen LogP contribution in [-0.2, 0) is 12.8 Å². The van der Waals surface area contributed by atoms with Crippen molar-refractivity contribution < 1.29 is 0 Å². The Morgan fingerprint density at radius 2 is 1.35 bits per heavy atom. The fourth-order valence-corrected chi connectivity index (χ4v) is 2.84. The van der Waals surface area contributed by atoms with E-state index in [1.165, 1.54) is 33.0 Å². The Morgan fingerprint density at radius 1 is 0.650 bits per heavy atom. The highest BCUT2D eigenvalue weighted by molar-refractivity contribution is 5.98. The van der Waals surface area contributed by atoms with Gasteiger partial charge in [0.15, 0.2) is 0 Å². The van der Waals surface area contributed by atoms with Crippen molar-refractivity contribution in [2.75, 3.05) is 0 Å². The van der Waals surface area contributed by atoms with Crippen LogP contribution < -0.4 is 0 Å². The van der Waals surface area contributed by atoms with Gasteiger partial charge in [-0.3, -0.25) is 0 Å². The Labute approximate surface area is 121 Å². The minimum absolute atomic E-state index is 1.08. The summed E-state index contributed by atoms with van der Waals surface area (Å²) in [6.45, 7) is 4.41. The molecule has 0 heterocycles. The van der Waals surface area contributed by atoms with E-state index in [4.69, 9.17) is 0 Å². The minimum atomic E-state index is 1.08. The Balaban J connectivity index is 2.20. The topological polar surface area (TPSA) is 0 Å². The van der Waals surface area contributed by atoms with E-state index in [2.05, 4.69) is 74.5 Å². The van der Waals surface area contributed by atoms with E-state index >= 15 is 0 Å². The highest BCUT2D eigenvalue weighted by Crippen LogP contribution is 2.31. The molecule has 0 fully saturated rings. The van der Waals surface area contributed by atoms with Crippen LogP contribution in [0.15, 0.2) is 60.7 Å². The summed E-state index contributed by atoms with van der Waals surface area (Å²) in [7, 11) is 0.